The van der Waals surface area contributed by atoms with E-state index < -0.39 is 17.9 Å². The molecule has 0 spiro atoms. The van der Waals surface area contributed by atoms with Gasteiger partial charge in [-0.15, -0.1) is 11.8 Å². The summed E-state index contributed by atoms with van der Waals surface area (Å²) in [6.07, 6.45) is 5.05. The smallest absolute Gasteiger partial charge is 0.327 e. The maximum Gasteiger partial charge on any atom is 0.327 e. The fourth-order valence-electron chi connectivity index (χ4n) is 1.90. The Bertz CT molecular complexity index is 423. The summed E-state index contributed by atoms with van der Waals surface area (Å²) in [5, 5.41) is 11.3. The lowest BCUT2D eigenvalue weighted by atomic mass is 10.3. The lowest BCUT2D eigenvalue weighted by molar-refractivity contribution is -0.140. The first-order chi connectivity index (χ1) is 9.41. The van der Waals surface area contributed by atoms with Gasteiger partial charge in [0.25, 0.3) is 0 Å². The fraction of sp³-hybridized carbons (Fsp3) is 0.615. The molecule has 7 heteroatoms. The monoisotopic (exact) mass is 300 g/mol. The zero-order chi connectivity index (χ0) is 15.1. The number of rotatable bonds is 7. The van der Waals surface area contributed by atoms with Gasteiger partial charge in [-0.1, -0.05) is 6.08 Å². The van der Waals surface area contributed by atoms with Gasteiger partial charge in [0.15, 0.2) is 0 Å². The minimum Gasteiger partial charge on any atom is -0.480 e. The van der Waals surface area contributed by atoms with E-state index in [0.717, 1.165) is 25.0 Å². The standard InChI is InChI=1S/C13H20N2O4S/c1-9(16)14-11(13(18)19)7-20-8-12(17)15(2)10-5-3-4-6-10/h5,11H,3-4,6-8H2,1-2H3,(H,14,16)(H,18,19)/t11-/m0/s1. The lowest BCUT2D eigenvalue weighted by Gasteiger charge is -2.19. The normalized spacial score (nSPS) is 15.4. The van der Waals surface area contributed by atoms with E-state index in [0.29, 0.717) is 0 Å². The molecule has 1 aliphatic rings. The van der Waals surface area contributed by atoms with Gasteiger partial charge in [-0.3, -0.25) is 9.59 Å². The second kappa shape index (κ2) is 7.94. The molecule has 0 saturated heterocycles. The van der Waals surface area contributed by atoms with Crippen molar-refractivity contribution in [3.63, 3.8) is 0 Å². The van der Waals surface area contributed by atoms with Gasteiger partial charge >= 0.3 is 5.97 Å². The number of amides is 2. The maximum atomic E-state index is 11.9. The van der Waals surface area contributed by atoms with Gasteiger partial charge in [-0.25, -0.2) is 4.79 Å². The third kappa shape index (κ3) is 5.24. The van der Waals surface area contributed by atoms with Gasteiger partial charge < -0.3 is 15.3 Å². The van der Waals surface area contributed by atoms with Crippen LogP contribution in [-0.2, 0) is 14.4 Å². The van der Waals surface area contributed by atoms with Crippen molar-refractivity contribution in [2.75, 3.05) is 18.6 Å². The molecule has 0 bridgehead atoms. The van der Waals surface area contributed by atoms with Crippen LogP contribution in [0.15, 0.2) is 11.8 Å². The fourth-order valence-corrected chi connectivity index (χ4v) is 2.85. The van der Waals surface area contributed by atoms with Gasteiger partial charge in [0.2, 0.25) is 11.8 Å². The first kappa shape index (κ1) is 16.6. The Morgan fingerprint density at radius 3 is 2.70 bits per heavy atom. The van der Waals surface area contributed by atoms with Crippen LogP contribution in [0, 0.1) is 0 Å². The van der Waals surface area contributed by atoms with Crippen molar-refractivity contribution in [3.05, 3.63) is 11.8 Å². The zero-order valence-electron chi connectivity index (χ0n) is 11.7. The molecule has 2 amide bonds. The second-order valence-electron chi connectivity index (χ2n) is 4.65. The number of nitrogens with one attached hydrogen (secondary N) is 1. The number of thioether (sulfide) groups is 1. The third-order valence-corrected chi connectivity index (χ3v) is 4.03. The molecule has 112 valence electrons. The van der Waals surface area contributed by atoms with E-state index in [1.807, 2.05) is 0 Å². The highest BCUT2D eigenvalue weighted by atomic mass is 32.2. The average Bonchev–Trinajstić information content (AvgIpc) is 2.89. The summed E-state index contributed by atoms with van der Waals surface area (Å²) < 4.78 is 0. The van der Waals surface area contributed by atoms with E-state index >= 15 is 0 Å². The first-order valence-electron chi connectivity index (χ1n) is 6.45. The molecule has 1 rings (SSSR count). The van der Waals surface area contributed by atoms with Gasteiger partial charge in [0, 0.05) is 25.4 Å². The molecule has 0 aromatic rings. The van der Waals surface area contributed by atoms with Crippen LogP contribution < -0.4 is 5.32 Å². The van der Waals surface area contributed by atoms with Crippen LogP contribution in [0.3, 0.4) is 0 Å². The minimum atomic E-state index is -1.09. The van der Waals surface area contributed by atoms with Gasteiger partial charge in [0.1, 0.15) is 6.04 Å². The summed E-state index contributed by atoms with van der Waals surface area (Å²) in [5.74, 6) is -1.15. The Morgan fingerprint density at radius 2 is 2.20 bits per heavy atom. The second-order valence-corrected chi connectivity index (χ2v) is 5.68. The zero-order valence-corrected chi connectivity index (χ0v) is 12.5. The molecule has 0 unspecified atom stereocenters. The largest absolute Gasteiger partial charge is 0.480 e. The number of aliphatic carboxylic acids is 1. The average molecular weight is 300 g/mol. The molecular weight excluding hydrogens is 280 g/mol. The van der Waals surface area contributed by atoms with Crippen LogP contribution in [0.4, 0.5) is 0 Å². The Labute approximate surface area is 122 Å². The van der Waals surface area contributed by atoms with E-state index in [1.165, 1.54) is 18.7 Å². The molecule has 0 aliphatic heterocycles. The van der Waals surface area contributed by atoms with Crippen LogP contribution in [-0.4, -0.2) is 52.4 Å². The molecule has 0 fully saturated rings. The number of carbonyl (C=O) groups is 3. The number of carboxylic acid groups (broad SMARTS) is 1. The van der Waals surface area contributed by atoms with Crippen LogP contribution >= 0.6 is 11.8 Å². The highest BCUT2D eigenvalue weighted by Gasteiger charge is 2.20. The summed E-state index contributed by atoms with van der Waals surface area (Å²) in [6, 6.07) is -0.957. The van der Waals surface area contributed by atoms with Gasteiger partial charge in [-0.2, -0.15) is 0 Å². The number of hydrogen-bond acceptors (Lipinski definition) is 4. The first-order valence-corrected chi connectivity index (χ1v) is 7.60. The van der Waals surface area contributed by atoms with Crippen molar-refractivity contribution >= 4 is 29.5 Å². The Kier molecular flexibility index (Phi) is 6.57. The number of carboxylic acids is 1. The molecule has 0 heterocycles. The highest BCUT2D eigenvalue weighted by molar-refractivity contribution is 8.00. The molecule has 0 saturated carbocycles. The SMILES string of the molecule is CC(=O)N[C@@H](CSCC(=O)N(C)C1=CCCC1)C(=O)O. The number of nitrogens with zero attached hydrogens (tertiary/aromatic N) is 1. The van der Waals surface area contributed by atoms with Crippen molar-refractivity contribution in [1.82, 2.24) is 10.2 Å². The van der Waals surface area contributed by atoms with E-state index in [9.17, 15) is 14.4 Å². The molecule has 0 aromatic carbocycles. The molecule has 20 heavy (non-hydrogen) atoms. The van der Waals surface area contributed by atoms with Crippen LogP contribution in [0.2, 0.25) is 0 Å². The van der Waals surface area contributed by atoms with Crippen molar-refractivity contribution in [2.45, 2.75) is 32.2 Å². The molecule has 2 N–H and O–H groups in total. The number of carbonyl (C=O) groups excluding carboxylic acids is 2. The summed E-state index contributed by atoms with van der Waals surface area (Å²) in [6.45, 7) is 1.27. The molecule has 1 atom stereocenters. The van der Waals surface area contributed by atoms with Crippen LogP contribution in [0.1, 0.15) is 26.2 Å². The molecule has 6 nitrogen and oxygen atoms in total. The van der Waals surface area contributed by atoms with Gasteiger partial charge in [-0.05, 0) is 19.3 Å². The Morgan fingerprint density at radius 1 is 1.50 bits per heavy atom. The maximum absolute atomic E-state index is 11.9. The minimum absolute atomic E-state index is 0.0462. The van der Waals surface area contributed by atoms with E-state index in [2.05, 4.69) is 11.4 Å². The van der Waals surface area contributed by atoms with E-state index in [4.69, 9.17) is 5.11 Å². The van der Waals surface area contributed by atoms with E-state index in [1.54, 1.807) is 11.9 Å². The van der Waals surface area contributed by atoms with E-state index in [-0.39, 0.29) is 17.4 Å². The molecule has 0 aromatic heterocycles. The van der Waals surface area contributed by atoms with Crippen molar-refractivity contribution < 1.29 is 19.5 Å². The summed E-state index contributed by atoms with van der Waals surface area (Å²) in [5.41, 5.74) is 1.03. The van der Waals surface area contributed by atoms with Crippen LogP contribution in [0.5, 0.6) is 0 Å². The van der Waals surface area contributed by atoms with Crippen molar-refractivity contribution in [2.24, 2.45) is 0 Å². The van der Waals surface area contributed by atoms with Crippen molar-refractivity contribution in [3.8, 4) is 0 Å². The van der Waals surface area contributed by atoms with Crippen LogP contribution in [0.25, 0.3) is 0 Å². The summed E-state index contributed by atoms with van der Waals surface area (Å²) >= 11 is 1.21. The molecule has 1 aliphatic carbocycles. The summed E-state index contributed by atoms with van der Waals surface area (Å²) in [7, 11) is 1.74. The lowest BCUT2D eigenvalue weighted by Crippen LogP contribution is -2.41. The van der Waals surface area contributed by atoms with Gasteiger partial charge in [0.05, 0.1) is 5.75 Å². The third-order valence-electron chi connectivity index (χ3n) is 3.01. The predicted molar refractivity (Wildman–Crippen MR) is 77.3 cm³/mol. The topological polar surface area (TPSA) is 86.7 Å². The predicted octanol–water partition coefficient (Wildman–Crippen LogP) is 0.835. The molecular formula is C13H20N2O4S. The highest BCUT2D eigenvalue weighted by Crippen LogP contribution is 2.21. The van der Waals surface area contributed by atoms with Crippen molar-refractivity contribution in [1.29, 1.82) is 0 Å². The molecule has 0 radical (unpaired) electrons. The summed E-state index contributed by atoms with van der Waals surface area (Å²) in [4.78, 5) is 35.4. The number of hydrogen-bond donors (Lipinski definition) is 2. The number of allylic oxidation sites excluding steroid dienone is 2. The Hall–Kier alpha value is -1.50. The quantitative estimate of drug-likeness (QED) is 0.727. The Balaban J connectivity index is 2.36.